The van der Waals surface area contributed by atoms with E-state index < -0.39 is 6.29 Å². The van der Waals surface area contributed by atoms with Crippen molar-refractivity contribution in [3.63, 3.8) is 0 Å². The monoisotopic (exact) mass is 373 g/mol. The van der Waals surface area contributed by atoms with Crippen molar-refractivity contribution in [2.45, 2.75) is 38.1 Å². The van der Waals surface area contributed by atoms with Gasteiger partial charge in [0, 0.05) is 23.8 Å². The average Bonchev–Trinajstić information content (AvgIpc) is 2.98. The van der Waals surface area contributed by atoms with E-state index in [2.05, 4.69) is 31.6 Å². The highest BCUT2D eigenvalue weighted by Crippen LogP contribution is 2.43. The molecule has 4 aliphatic heterocycles. The molecule has 0 saturated carbocycles. The lowest BCUT2D eigenvalue weighted by molar-refractivity contribution is -0.286. The zero-order chi connectivity index (χ0) is 18.6. The molecule has 2 atom stereocenters. The Bertz CT molecular complexity index is 849. The predicted octanol–water partition coefficient (Wildman–Crippen LogP) is 3.96. The second kappa shape index (κ2) is 6.05. The molecule has 2 bridgehead atoms. The molecule has 0 aliphatic carbocycles. The molecule has 2 aromatic rings. The summed E-state index contributed by atoms with van der Waals surface area (Å²) in [5.74, 6) is 1.63. The van der Waals surface area contributed by atoms with Crippen molar-refractivity contribution in [3.8, 4) is 22.6 Å². The molecule has 2 unspecified atom stereocenters. The highest BCUT2D eigenvalue weighted by Gasteiger charge is 2.43. The van der Waals surface area contributed by atoms with Crippen molar-refractivity contribution in [1.29, 1.82) is 0 Å². The van der Waals surface area contributed by atoms with Crippen LogP contribution in [0.5, 0.6) is 11.5 Å². The van der Waals surface area contributed by atoms with Crippen LogP contribution in [0.3, 0.4) is 0 Å². The lowest BCUT2D eigenvalue weighted by Gasteiger charge is -2.50. The summed E-state index contributed by atoms with van der Waals surface area (Å²) in [5, 5.41) is 3.60. The first kappa shape index (κ1) is 16.7. The maximum atomic E-state index is 13.2. The van der Waals surface area contributed by atoms with Crippen molar-refractivity contribution < 1.29 is 18.3 Å². The van der Waals surface area contributed by atoms with Gasteiger partial charge in [-0.25, -0.2) is 4.98 Å². The van der Waals surface area contributed by atoms with Crippen LogP contribution in [0.4, 0.5) is 14.6 Å². The van der Waals surface area contributed by atoms with Crippen molar-refractivity contribution in [2.24, 2.45) is 5.92 Å². The van der Waals surface area contributed by atoms with E-state index in [0.29, 0.717) is 18.0 Å². The van der Waals surface area contributed by atoms with Gasteiger partial charge in [0.05, 0.1) is 0 Å². The van der Waals surface area contributed by atoms with E-state index in [1.54, 1.807) is 18.3 Å². The minimum atomic E-state index is -3.60. The largest absolute Gasteiger partial charge is 0.586 e. The number of ether oxygens (including phenoxy) is 2. The van der Waals surface area contributed by atoms with Gasteiger partial charge in [0.25, 0.3) is 0 Å². The number of anilines is 1. The van der Waals surface area contributed by atoms with E-state index in [9.17, 15) is 8.78 Å². The number of rotatable bonds is 3. The molecule has 0 radical (unpaired) electrons. The third-order valence-corrected chi connectivity index (χ3v) is 5.99. The predicted molar refractivity (Wildman–Crippen MR) is 97.0 cm³/mol. The molecule has 142 valence electrons. The molecule has 0 amide bonds. The van der Waals surface area contributed by atoms with E-state index in [1.165, 1.54) is 32.0 Å². The van der Waals surface area contributed by atoms with Gasteiger partial charge in [-0.3, -0.25) is 4.90 Å². The molecule has 5 heterocycles. The number of fused-ring (bicyclic) bond motifs is 4. The number of benzene rings is 1. The van der Waals surface area contributed by atoms with E-state index in [1.807, 2.05) is 12.1 Å². The Kier molecular flexibility index (Phi) is 3.75. The Hall–Kier alpha value is -2.41. The van der Waals surface area contributed by atoms with Crippen molar-refractivity contribution in [1.82, 2.24) is 9.88 Å². The molecule has 4 aliphatic rings. The first-order valence-corrected chi connectivity index (χ1v) is 9.35. The number of hydrogen-bond acceptors (Lipinski definition) is 5. The van der Waals surface area contributed by atoms with E-state index in [0.717, 1.165) is 16.9 Å². The molecule has 0 spiro atoms. The second-order valence-corrected chi connectivity index (χ2v) is 7.55. The summed E-state index contributed by atoms with van der Waals surface area (Å²) < 4.78 is 35.3. The molecule has 6 rings (SSSR count). The lowest BCUT2D eigenvalue weighted by atomic mass is 9.79. The highest BCUT2D eigenvalue weighted by atomic mass is 19.3. The number of hydrogen-bond donors (Lipinski definition) is 1. The van der Waals surface area contributed by atoms with Gasteiger partial charge in [0.1, 0.15) is 5.82 Å². The van der Waals surface area contributed by atoms with Gasteiger partial charge in [0.2, 0.25) is 0 Å². The maximum Gasteiger partial charge on any atom is 0.586 e. The number of pyridine rings is 1. The van der Waals surface area contributed by atoms with Gasteiger partial charge < -0.3 is 14.8 Å². The fourth-order valence-electron chi connectivity index (χ4n) is 4.49. The third kappa shape index (κ3) is 3.00. The molecule has 27 heavy (non-hydrogen) atoms. The summed E-state index contributed by atoms with van der Waals surface area (Å²) in [4.78, 5) is 7.08. The Morgan fingerprint density at radius 3 is 2.52 bits per heavy atom. The van der Waals surface area contributed by atoms with Crippen LogP contribution in [0.15, 0.2) is 36.5 Å². The number of halogens is 2. The quantitative estimate of drug-likeness (QED) is 0.882. The molecule has 7 heteroatoms. The first-order valence-electron chi connectivity index (χ1n) is 9.35. The number of nitrogens with one attached hydrogen (secondary N) is 1. The second-order valence-electron chi connectivity index (χ2n) is 7.55. The SMILES string of the molecule is CC1C(Nc2ccc(-c3ccc4c(c3)OC(F)(F)O4)cn2)C2CCN1CC2. The molecular formula is C20H21F2N3O2. The van der Waals surface area contributed by atoms with Crippen LogP contribution in [0.25, 0.3) is 11.1 Å². The molecule has 1 aromatic heterocycles. The topological polar surface area (TPSA) is 46.6 Å². The fraction of sp³-hybridized carbons (Fsp3) is 0.450. The van der Waals surface area contributed by atoms with Crippen molar-refractivity contribution in [3.05, 3.63) is 36.5 Å². The molecule has 5 nitrogen and oxygen atoms in total. The Morgan fingerprint density at radius 2 is 1.81 bits per heavy atom. The fourth-order valence-corrected chi connectivity index (χ4v) is 4.49. The number of piperidine rings is 3. The summed E-state index contributed by atoms with van der Waals surface area (Å²) in [7, 11) is 0. The van der Waals surface area contributed by atoms with Gasteiger partial charge in [-0.05, 0) is 68.6 Å². The van der Waals surface area contributed by atoms with Crippen LogP contribution in [0, 0.1) is 5.92 Å². The average molecular weight is 373 g/mol. The summed E-state index contributed by atoms with van der Waals surface area (Å²) in [6.07, 6.45) is 0.632. The Labute approximate surface area is 156 Å². The van der Waals surface area contributed by atoms with Crippen molar-refractivity contribution in [2.75, 3.05) is 18.4 Å². The highest BCUT2D eigenvalue weighted by molar-refractivity contribution is 5.67. The molecular weight excluding hydrogens is 352 g/mol. The van der Waals surface area contributed by atoms with Crippen LogP contribution in [0.2, 0.25) is 0 Å². The Morgan fingerprint density at radius 1 is 1.07 bits per heavy atom. The van der Waals surface area contributed by atoms with Crippen LogP contribution in [0.1, 0.15) is 19.8 Å². The molecule has 3 saturated heterocycles. The normalized spacial score (nSPS) is 30.3. The smallest absolute Gasteiger partial charge is 0.395 e. The lowest BCUT2D eigenvalue weighted by Crippen LogP contribution is -2.59. The van der Waals surface area contributed by atoms with Gasteiger partial charge in [0.15, 0.2) is 11.5 Å². The van der Waals surface area contributed by atoms with Gasteiger partial charge in [-0.1, -0.05) is 6.07 Å². The van der Waals surface area contributed by atoms with Crippen LogP contribution < -0.4 is 14.8 Å². The summed E-state index contributed by atoms with van der Waals surface area (Å²) in [6.45, 7) is 4.67. The first-order chi connectivity index (χ1) is 13.0. The minimum Gasteiger partial charge on any atom is -0.395 e. The summed E-state index contributed by atoms with van der Waals surface area (Å²) >= 11 is 0. The number of alkyl halides is 2. The van der Waals surface area contributed by atoms with Crippen LogP contribution in [-0.4, -0.2) is 41.4 Å². The number of aromatic nitrogens is 1. The van der Waals surface area contributed by atoms with Gasteiger partial charge in [-0.15, -0.1) is 8.78 Å². The summed E-state index contributed by atoms with van der Waals surface area (Å²) in [6, 6.07) is 9.58. The van der Waals surface area contributed by atoms with Gasteiger partial charge in [-0.2, -0.15) is 0 Å². The van der Waals surface area contributed by atoms with Crippen LogP contribution in [-0.2, 0) is 0 Å². The third-order valence-electron chi connectivity index (χ3n) is 5.99. The van der Waals surface area contributed by atoms with E-state index >= 15 is 0 Å². The molecule has 3 fully saturated rings. The molecule has 1 aromatic carbocycles. The zero-order valence-electron chi connectivity index (χ0n) is 15.0. The Balaban J connectivity index is 1.33. The summed E-state index contributed by atoms with van der Waals surface area (Å²) in [5.41, 5.74) is 1.59. The zero-order valence-corrected chi connectivity index (χ0v) is 15.0. The van der Waals surface area contributed by atoms with E-state index in [-0.39, 0.29) is 11.5 Å². The number of nitrogens with zero attached hydrogens (tertiary/aromatic N) is 2. The van der Waals surface area contributed by atoms with E-state index in [4.69, 9.17) is 0 Å². The van der Waals surface area contributed by atoms with Crippen LogP contribution >= 0.6 is 0 Å². The molecule has 1 N–H and O–H groups in total. The van der Waals surface area contributed by atoms with Crippen molar-refractivity contribution >= 4 is 5.82 Å². The minimum absolute atomic E-state index is 0.0424. The van der Waals surface area contributed by atoms with Gasteiger partial charge >= 0.3 is 6.29 Å². The maximum absolute atomic E-state index is 13.2. The standard InChI is InChI=1S/C20H21F2N3O2/c1-12-19(13-6-8-25(12)9-7-13)24-18-5-3-15(11-23-18)14-2-4-16-17(10-14)27-20(21,22)26-16/h2-5,10-13,19H,6-9H2,1H3,(H,23,24).